The largest absolute Gasteiger partial charge is 0.496 e. The molecule has 0 aliphatic heterocycles. The molecule has 0 atom stereocenters. The van der Waals surface area contributed by atoms with Crippen LogP contribution in [0.1, 0.15) is 16.8 Å². The number of para-hydroxylation sites is 1. The number of carbonyl (C=O) groups is 2. The minimum Gasteiger partial charge on any atom is -0.496 e. The molecule has 0 aliphatic carbocycles. The van der Waals surface area contributed by atoms with Crippen LogP contribution in [-0.2, 0) is 4.79 Å². The van der Waals surface area contributed by atoms with Crippen molar-refractivity contribution in [2.45, 2.75) is 6.42 Å². The van der Waals surface area contributed by atoms with Gasteiger partial charge in [0.15, 0.2) is 0 Å². The zero-order valence-electron chi connectivity index (χ0n) is 12.9. The van der Waals surface area contributed by atoms with E-state index in [4.69, 9.17) is 4.74 Å². The molecule has 0 heterocycles. The molecule has 24 heavy (non-hydrogen) atoms. The fourth-order valence-electron chi connectivity index (χ4n) is 2.02. The van der Waals surface area contributed by atoms with Crippen molar-refractivity contribution in [2.24, 2.45) is 0 Å². The molecule has 0 spiro atoms. The number of anilines is 1. The van der Waals surface area contributed by atoms with Crippen LogP contribution < -0.4 is 15.4 Å². The second-order valence-electron chi connectivity index (χ2n) is 4.88. The van der Waals surface area contributed by atoms with E-state index in [0.717, 1.165) is 8.95 Å². The van der Waals surface area contributed by atoms with Crippen LogP contribution in [0.25, 0.3) is 0 Å². The SMILES string of the molecule is COc1ccccc1C(=O)NCCC(=O)Nc1ccc(Br)cc1Br. The highest BCUT2D eigenvalue weighted by Crippen LogP contribution is 2.26. The van der Waals surface area contributed by atoms with E-state index >= 15 is 0 Å². The van der Waals surface area contributed by atoms with E-state index < -0.39 is 0 Å². The molecule has 2 N–H and O–H groups in total. The summed E-state index contributed by atoms with van der Waals surface area (Å²) in [6.45, 7) is 0.233. The van der Waals surface area contributed by atoms with Gasteiger partial charge in [-0.1, -0.05) is 28.1 Å². The van der Waals surface area contributed by atoms with Gasteiger partial charge in [0.05, 0.1) is 18.4 Å². The molecule has 7 heteroatoms. The van der Waals surface area contributed by atoms with Crippen LogP contribution in [0.3, 0.4) is 0 Å². The predicted octanol–water partition coefficient (Wildman–Crippen LogP) is 3.98. The van der Waals surface area contributed by atoms with E-state index in [1.54, 1.807) is 30.3 Å². The summed E-state index contributed by atoms with van der Waals surface area (Å²) in [5.41, 5.74) is 1.12. The Bertz CT molecular complexity index is 750. The minimum absolute atomic E-state index is 0.170. The van der Waals surface area contributed by atoms with E-state index in [2.05, 4.69) is 42.5 Å². The lowest BCUT2D eigenvalue weighted by Crippen LogP contribution is -2.28. The summed E-state index contributed by atoms with van der Waals surface area (Å²) in [4.78, 5) is 24.1. The molecule has 0 fully saturated rings. The standard InChI is InChI=1S/C17H16Br2N2O3/c1-24-15-5-3-2-4-12(15)17(23)20-9-8-16(22)21-14-7-6-11(18)10-13(14)19/h2-7,10H,8-9H2,1H3,(H,20,23)(H,21,22). The zero-order valence-corrected chi connectivity index (χ0v) is 16.1. The zero-order chi connectivity index (χ0) is 17.5. The predicted molar refractivity (Wildman–Crippen MR) is 100 cm³/mol. The van der Waals surface area contributed by atoms with Gasteiger partial charge in [-0.3, -0.25) is 9.59 Å². The van der Waals surface area contributed by atoms with Gasteiger partial charge in [0.1, 0.15) is 5.75 Å². The number of methoxy groups -OCH3 is 1. The molecule has 2 rings (SSSR count). The van der Waals surface area contributed by atoms with Gasteiger partial charge in [-0.15, -0.1) is 0 Å². The number of hydrogen-bond donors (Lipinski definition) is 2. The average Bonchev–Trinajstić information content (AvgIpc) is 2.57. The lowest BCUT2D eigenvalue weighted by Gasteiger charge is -2.10. The van der Waals surface area contributed by atoms with E-state index in [0.29, 0.717) is 17.0 Å². The van der Waals surface area contributed by atoms with Gasteiger partial charge in [-0.05, 0) is 46.3 Å². The van der Waals surface area contributed by atoms with Crippen LogP contribution in [0.4, 0.5) is 5.69 Å². The molecular formula is C17H16Br2N2O3. The first kappa shape index (κ1) is 18.5. The summed E-state index contributed by atoms with van der Waals surface area (Å²) < 4.78 is 6.84. The average molecular weight is 456 g/mol. The Labute approximate surface area is 157 Å². The third kappa shape index (κ3) is 5.07. The number of rotatable bonds is 6. The van der Waals surface area contributed by atoms with Gasteiger partial charge >= 0.3 is 0 Å². The molecule has 0 radical (unpaired) electrons. The van der Waals surface area contributed by atoms with Gasteiger partial charge < -0.3 is 15.4 Å². The first-order chi connectivity index (χ1) is 11.5. The van der Waals surface area contributed by atoms with E-state index in [9.17, 15) is 9.59 Å². The summed E-state index contributed by atoms with van der Waals surface area (Å²) >= 11 is 6.74. The third-order valence-electron chi connectivity index (χ3n) is 3.19. The molecule has 2 aromatic rings. The first-order valence-electron chi connectivity index (χ1n) is 7.17. The van der Waals surface area contributed by atoms with Crippen LogP contribution >= 0.6 is 31.9 Å². The molecule has 0 bridgehead atoms. The van der Waals surface area contributed by atoms with E-state index in [1.165, 1.54) is 7.11 Å². The highest BCUT2D eigenvalue weighted by Gasteiger charge is 2.12. The molecular weight excluding hydrogens is 440 g/mol. The number of carbonyl (C=O) groups excluding carboxylic acids is 2. The molecule has 0 aliphatic rings. The summed E-state index contributed by atoms with van der Waals surface area (Å²) in [5.74, 6) is 0.0432. The second kappa shape index (κ2) is 8.84. The van der Waals surface area contributed by atoms with Crippen LogP contribution in [0.5, 0.6) is 5.75 Å². The topological polar surface area (TPSA) is 67.4 Å². The van der Waals surface area contributed by atoms with Gasteiger partial charge in [-0.2, -0.15) is 0 Å². The molecule has 5 nitrogen and oxygen atoms in total. The molecule has 2 amide bonds. The summed E-state index contributed by atoms with van der Waals surface area (Å²) in [7, 11) is 1.51. The molecule has 0 saturated heterocycles. The number of ether oxygens (including phenoxy) is 1. The van der Waals surface area contributed by atoms with Gasteiger partial charge in [0, 0.05) is 21.9 Å². The maximum atomic E-state index is 12.1. The molecule has 0 aromatic heterocycles. The number of hydrogen-bond acceptors (Lipinski definition) is 3. The van der Waals surface area contributed by atoms with Crippen molar-refractivity contribution in [3.8, 4) is 5.75 Å². The van der Waals surface area contributed by atoms with E-state index in [1.807, 2.05) is 12.1 Å². The molecule has 126 valence electrons. The maximum absolute atomic E-state index is 12.1. The highest BCUT2D eigenvalue weighted by molar-refractivity contribution is 9.11. The normalized spacial score (nSPS) is 10.1. The summed E-state index contributed by atoms with van der Waals surface area (Å²) in [5, 5.41) is 5.51. The quantitative estimate of drug-likeness (QED) is 0.692. The number of halogens is 2. The number of nitrogens with one attached hydrogen (secondary N) is 2. The van der Waals surface area contributed by atoms with Gasteiger partial charge in [-0.25, -0.2) is 0 Å². The number of benzene rings is 2. The monoisotopic (exact) mass is 454 g/mol. The second-order valence-corrected chi connectivity index (χ2v) is 6.65. The van der Waals surface area contributed by atoms with Gasteiger partial charge in [0.25, 0.3) is 5.91 Å². The van der Waals surface area contributed by atoms with Crippen molar-refractivity contribution in [2.75, 3.05) is 19.0 Å². The lowest BCUT2D eigenvalue weighted by molar-refractivity contribution is -0.116. The Morgan fingerprint density at radius 1 is 1.12 bits per heavy atom. The van der Waals surface area contributed by atoms with Crippen molar-refractivity contribution < 1.29 is 14.3 Å². The molecule has 0 unspecified atom stereocenters. The van der Waals surface area contributed by atoms with Crippen molar-refractivity contribution >= 4 is 49.4 Å². The number of amides is 2. The van der Waals surface area contributed by atoms with Gasteiger partial charge in [0.2, 0.25) is 5.91 Å². The summed E-state index contributed by atoms with van der Waals surface area (Å²) in [6.07, 6.45) is 0.170. The van der Waals surface area contributed by atoms with E-state index in [-0.39, 0.29) is 24.8 Å². The van der Waals surface area contributed by atoms with Crippen LogP contribution in [0, 0.1) is 0 Å². The first-order valence-corrected chi connectivity index (χ1v) is 8.76. The smallest absolute Gasteiger partial charge is 0.255 e. The highest BCUT2D eigenvalue weighted by atomic mass is 79.9. The Morgan fingerprint density at radius 3 is 2.58 bits per heavy atom. The molecule has 0 saturated carbocycles. The maximum Gasteiger partial charge on any atom is 0.255 e. The lowest BCUT2D eigenvalue weighted by atomic mass is 10.2. The Hall–Kier alpha value is -1.86. The fourth-order valence-corrected chi connectivity index (χ4v) is 3.17. The fraction of sp³-hybridized carbons (Fsp3) is 0.176. The minimum atomic E-state index is -0.273. The van der Waals surface area contributed by atoms with Crippen LogP contribution in [0.15, 0.2) is 51.4 Å². The van der Waals surface area contributed by atoms with Crippen molar-refractivity contribution in [3.05, 3.63) is 57.0 Å². The summed E-state index contributed by atoms with van der Waals surface area (Å²) in [6, 6.07) is 12.4. The Kier molecular flexibility index (Phi) is 6.81. The van der Waals surface area contributed by atoms with Crippen molar-refractivity contribution in [1.82, 2.24) is 5.32 Å². The Morgan fingerprint density at radius 2 is 1.88 bits per heavy atom. The van der Waals surface area contributed by atoms with Crippen LogP contribution in [0.2, 0.25) is 0 Å². The van der Waals surface area contributed by atoms with Crippen molar-refractivity contribution in [1.29, 1.82) is 0 Å². The van der Waals surface area contributed by atoms with Crippen LogP contribution in [-0.4, -0.2) is 25.5 Å². The van der Waals surface area contributed by atoms with Crippen molar-refractivity contribution in [3.63, 3.8) is 0 Å². The molecule has 2 aromatic carbocycles. The Balaban J connectivity index is 1.85. The third-order valence-corrected chi connectivity index (χ3v) is 4.34.